The fraction of sp³-hybridized carbons (Fsp3) is 0.500. The Bertz CT molecular complexity index is 347. The fourth-order valence-electron chi connectivity index (χ4n) is 1.11. The van der Waals surface area contributed by atoms with Crippen molar-refractivity contribution in [2.24, 2.45) is 0 Å². The summed E-state index contributed by atoms with van der Waals surface area (Å²) in [5.41, 5.74) is 0. The maximum atomic E-state index is 12.6. The molecule has 16 heavy (non-hydrogen) atoms. The van der Waals surface area contributed by atoms with Crippen LogP contribution in [0, 0.1) is 5.95 Å². The number of hydrogen-bond acceptors (Lipinski definition) is 5. The van der Waals surface area contributed by atoms with Crippen molar-refractivity contribution in [2.45, 2.75) is 19.8 Å². The van der Waals surface area contributed by atoms with Gasteiger partial charge in [0.25, 0.3) is 0 Å². The van der Waals surface area contributed by atoms with Gasteiger partial charge in [0.2, 0.25) is 5.95 Å². The molecule has 5 nitrogen and oxygen atoms in total. The molecule has 0 aliphatic carbocycles. The highest BCUT2D eigenvalue weighted by molar-refractivity contribution is 5.69. The van der Waals surface area contributed by atoms with Crippen LogP contribution in [0.15, 0.2) is 12.4 Å². The monoisotopic (exact) mass is 227 g/mol. The summed E-state index contributed by atoms with van der Waals surface area (Å²) >= 11 is 0. The Morgan fingerprint density at radius 1 is 1.56 bits per heavy atom. The van der Waals surface area contributed by atoms with Gasteiger partial charge in [0.15, 0.2) is 0 Å². The summed E-state index contributed by atoms with van der Waals surface area (Å²) in [7, 11) is 0. The number of nitrogens with zero attached hydrogens (tertiary/aromatic N) is 2. The van der Waals surface area contributed by atoms with Gasteiger partial charge in [-0.05, 0) is 13.3 Å². The maximum Gasteiger partial charge on any atom is 0.305 e. The lowest BCUT2D eigenvalue weighted by Gasteiger charge is -2.04. The molecule has 88 valence electrons. The molecule has 0 aliphatic rings. The molecule has 1 aromatic heterocycles. The number of hydrogen-bond donors (Lipinski definition) is 1. The summed E-state index contributed by atoms with van der Waals surface area (Å²) in [6.45, 7) is 2.69. The van der Waals surface area contributed by atoms with Crippen molar-refractivity contribution in [3.05, 3.63) is 18.3 Å². The average Bonchev–Trinajstić information content (AvgIpc) is 2.25. The molecule has 0 fully saturated rings. The zero-order chi connectivity index (χ0) is 11.8. The Hall–Kier alpha value is -1.72. The van der Waals surface area contributed by atoms with Crippen LogP contribution in [0.3, 0.4) is 0 Å². The van der Waals surface area contributed by atoms with Crippen molar-refractivity contribution in [1.29, 1.82) is 0 Å². The summed E-state index contributed by atoms with van der Waals surface area (Å²) in [4.78, 5) is 18.1. The normalized spacial score (nSPS) is 9.88. The molecule has 0 bridgehead atoms. The summed E-state index contributed by atoms with van der Waals surface area (Å²) in [5.74, 6) is -0.391. The van der Waals surface area contributed by atoms with Crippen molar-refractivity contribution in [3.8, 4) is 0 Å². The lowest BCUT2D eigenvalue weighted by Crippen LogP contribution is -2.09. The molecule has 1 aromatic rings. The second-order valence-electron chi connectivity index (χ2n) is 3.06. The number of ether oxygens (including phenoxy) is 1. The molecule has 1 heterocycles. The van der Waals surface area contributed by atoms with E-state index in [4.69, 9.17) is 4.74 Å². The standard InChI is InChI=1S/C10H14FN3O2/c1-2-16-10(15)4-3-5-12-9-6-8(11)13-7-14-9/h6-7H,2-5H2,1H3,(H,12,13,14). The topological polar surface area (TPSA) is 64.1 Å². The smallest absolute Gasteiger partial charge is 0.305 e. The Labute approximate surface area is 93.1 Å². The molecule has 0 unspecified atom stereocenters. The molecular formula is C10H14FN3O2. The number of carbonyl (C=O) groups is 1. The molecular weight excluding hydrogens is 213 g/mol. The Morgan fingerprint density at radius 3 is 3.06 bits per heavy atom. The van der Waals surface area contributed by atoms with Gasteiger partial charge < -0.3 is 10.1 Å². The van der Waals surface area contributed by atoms with Gasteiger partial charge >= 0.3 is 5.97 Å². The number of esters is 1. The van der Waals surface area contributed by atoms with E-state index in [1.807, 2.05) is 0 Å². The largest absolute Gasteiger partial charge is 0.466 e. The third-order valence-electron chi connectivity index (χ3n) is 1.80. The average molecular weight is 227 g/mol. The first-order valence-electron chi connectivity index (χ1n) is 5.09. The van der Waals surface area contributed by atoms with Crippen molar-refractivity contribution in [3.63, 3.8) is 0 Å². The molecule has 0 aromatic carbocycles. The van der Waals surface area contributed by atoms with Crippen LogP contribution in [0.5, 0.6) is 0 Å². The second-order valence-corrected chi connectivity index (χ2v) is 3.06. The molecule has 0 saturated heterocycles. The van der Waals surface area contributed by atoms with Crippen LogP contribution in [-0.2, 0) is 9.53 Å². The van der Waals surface area contributed by atoms with Gasteiger partial charge in [-0.2, -0.15) is 4.39 Å². The molecule has 0 aliphatic heterocycles. The van der Waals surface area contributed by atoms with E-state index in [9.17, 15) is 9.18 Å². The molecule has 6 heteroatoms. The number of nitrogens with one attached hydrogen (secondary N) is 1. The minimum absolute atomic E-state index is 0.224. The first-order chi connectivity index (χ1) is 7.72. The second kappa shape index (κ2) is 6.71. The molecule has 0 amide bonds. The van der Waals surface area contributed by atoms with Crippen LogP contribution < -0.4 is 5.32 Å². The Kier molecular flexibility index (Phi) is 5.18. The Balaban J connectivity index is 2.18. The number of aromatic nitrogens is 2. The van der Waals surface area contributed by atoms with E-state index in [2.05, 4.69) is 15.3 Å². The van der Waals surface area contributed by atoms with E-state index in [0.29, 0.717) is 31.8 Å². The molecule has 1 N–H and O–H groups in total. The van der Waals surface area contributed by atoms with Gasteiger partial charge in [0.1, 0.15) is 12.1 Å². The third kappa shape index (κ3) is 4.68. The molecule has 0 radical (unpaired) electrons. The van der Waals surface area contributed by atoms with Crippen LogP contribution in [0.4, 0.5) is 10.2 Å². The molecule has 0 atom stereocenters. The van der Waals surface area contributed by atoms with Crippen LogP contribution in [0.25, 0.3) is 0 Å². The minimum Gasteiger partial charge on any atom is -0.466 e. The summed E-state index contributed by atoms with van der Waals surface area (Å²) < 4.78 is 17.4. The molecule has 0 spiro atoms. The van der Waals surface area contributed by atoms with Crippen molar-refractivity contribution in [2.75, 3.05) is 18.5 Å². The first kappa shape index (κ1) is 12.4. The van der Waals surface area contributed by atoms with Gasteiger partial charge in [-0.1, -0.05) is 0 Å². The predicted molar refractivity (Wildman–Crippen MR) is 56.3 cm³/mol. The third-order valence-corrected chi connectivity index (χ3v) is 1.80. The first-order valence-corrected chi connectivity index (χ1v) is 5.09. The van der Waals surface area contributed by atoms with Crippen LogP contribution in [-0.4, -0.2) is 29.1 Å². The summed E-state index contributed by atoms with van der Waals surface area (Å²) in [6, 6.07) is 1.20. The van der Waals surface area contributed by atoms with Crippen LogP contribution in [0.2, 0.25) is 0 Å². The molecule has 0 saturated carbocycles. The highest BCUT2D eigenvalue weighted by Crippen LogP contribution is 2.02. The van der Waals surface area contributed by atoms with E-state index < -0.39 is 5.95 Å². The molecule has 1 rings (SSSR count). The van der Waals surface area contributed by atoms with E-state index in [1.54, 1.807) is 6.92 Å². The van der Waals surface area contributed by atoms with Crippen LogP contribution >= 0.6 is 0 Å². The van der Waals surface area contributed by atoms with Gasteiger partial charge in [-0.15, -0.1) is 0 Å². The highest BCUT2D eigenvalue weighted by atomic mass is 19.1. The Morgan fingerprint density at radius 2 is 2.38 bits per heavy atom. The van der Waals surface area contributed by atoms with Crippen LogP contribution in [0.1, 0.15) is 19.8 Å². The SMILES string of the molecule is CCOC(=O)CCCNc1cc(F)ncn1. The number of rotatable bonds is 6. The lowest BCUT2D eigenvalue weighted by molar-refractivity contribution is -0.143. The predicted octanol–water partition coefficient (Wildman–Crippen LogP) is 1.37. The minimum atomic E-state index is -0.581. The lowest BCUT2D eigenvalue weighted by atomic mass is 10.3. The van der Waals surface area contributed by atoms with E-state index >= 15 is 0 Å². The summed E-state index contributed by atoms with van der Waals surface area (Å²) in [6.07, 6.45) is 2.10. The van der Waals surface area contributed by atoms with Crippen molar-refractivity contribution >= 4 is 11.8 Å². The number of anilines is 1. The number of halogens is 1. The summed E-state index contributed by atoms with van der Waals surface area (Å²) in [5, 5.41) is 2.88. The zero-order valence-corrected chi connectivity index (χ0v) is 9.07. The van der Waals surface area contributed by atoms with Gasteiger partial charge in [0, 0.05) is 19.0 Å². The fourth-order valence-corrected chi connectivity index (χ4v) is 1.11. The maximum absolute atomic E-state index is 12.6. The van der Waals surface area contributed by atoms with Crippen molar-refractivity contribution in [1.82, 2.24) is 9.97 Å². The van der Waals surface area contributed by atoms with Gasteiger partial charge in [-0.25, -0.2) is 9.97 Å². The van der Waals surface area contributed by atoms with E-state index in [0.717, 1.165) is 6.33 Å². The zero-order valence-electron chi connectivity index (χ0n) is 9.07. The highest BCUT2D eigenvalue weighted by Gasteiger charge is 2.01. The van der Waals surface area contributed by atoms with Crippen molar-refractivity contribution < 1.29 is 13.9 Å². The van der Waals surface area contributed by atoms with Gasteiger partial charge in [-0.3, -0.25) is 4.79 Å². The number of carbonyl (C=O) groups excluding carboxylic acids is 1. The van der Waals surface area contributed by atoms with E-state index in [-0.39, 0.29) is 5.97 Å². The van der Waals surface area contributed by atoms with Gasteiger partial charge in [0.05, 0.1) is 6.61 Å². The van der Waals surface area contributed by atoms with E-state index in [1.165, 1.54) is 6.07 Å². The quantitative estimate of drug-likeness (QED) is 0.451.